The predicted molar refractivity (Wildman–Crippen MR) is 126 cm³/mol. The van der Waals surface area contributed by atoms with Crippen LogP contribution in [0.15, 0.2) is 59.5 Å². The van der Waals surface area contributed by atoms with E-state index in [1.54, 1.807) is 16.7 Å². The molecular formula is C24H31ClN2O2S. The van der Waals surface area contributed by atoms with Gasteiger partial charge in [0.15, 0.2) is 0 Å². The molecule has 0 bridgehead atoms. The van der Waals surface area contributed by atoms with Crippen molar-refractivity contribution in [3.05, 3.63) is 65.2 Å². The molecule has 0 unspecified atom stereocenters. The SMILES string of the molecule is CC[C@@H](C(=O)NCC(C)C)N(Cc1ccccc1)C(=O)CCSc1ccc(Cl)cc1. The Morgan fingerprint density at radius 3 is 2.33 bits per heavy atom. The number of amides is 2. The lowest BCUT2D eigenvalue weighted by atomic mass is 10.1. The fourth-order valence-corrected chi connectivity index (χ4v) is 4.02. The van der Waals surface area contributed by atoms with Gasteiger partial charge in [0.2, 0.25) is 11.8 Å². The van der Waals surface area contributed by atoms with Gasteiger partial charge in [-0.1, -0.05) is 62.7 Å². The lowest BCUT2D eigenvalue weighted by Gasteiger charge is -2.31. The van der Waals surface area contributed by atoms with E-state index in [-0.39, 0.29) is 11.8 Å². The number of nitrogens with one attached hydrogen (secondary N) is 1. The van der Waals surface area contributed by atoms with Crippen LogP contribution in [0.3, 0.4) is 0 Å². The van der Waals surface area contributed by atoms with Gasteiger partial charge in [0.1, 0.15) is 6.04 Å². The van der Waals surface area contributed by atoms with Crippen LogP contribution in [0.25, 0.3) is 0 Å². The third-order valence-electron chi connectivity index (χ3n) is 4.66. The first-order valence-corrected chi connectivity index (χ1v) is 11.8. The molecule has 2 aromatic rings. The van der Waals surface area contributed by atoms with Gasteiger partial charge in [-0.15, -0.1) is 11.8 Å². The van der Waals surface area contributed by atoms with Crippen LogP contribution < -0.4 is 5.32 Å². The summed E-state index contributed by atoms with van der Waals surface area (Å²) >= 11 is 7.55. The number of rotatable bonds is 11. The lowest BCUT2D eigenvalue weighted by molar-refractivity contribution is -0.141. The Morgan fingerprint density at radius 1 is 1.07 bits per heavy atom. The summed E-state index contributed by atoms with van der Waals surface area (Å²) in [6, 6.07) is 17.0. The Balaban J connectivity index is 2.07. The topological polar surface area (TPSA) is 49.4 Å². The van der Waals surface area contributed by atoms with Gasteiger partial charge in [-0.3, -0.25) is 9.59 Å². The standard InChI is InChI=1S/C24H31ClN2O2S/c1-4-22(24(29)26-16-18(2)3)27(17-19-8-6-5-7-9-19)23(28)14-15-30-21-12-10-20(25)11-13-21/h5-13,18,22H,4,14-17H2,1-3H3,(H,26,29)/t22-/m0/s1. The Hall–Kier alpha value is -1.98. The van der Waals surface area contributed by atoms with Crippen molar-refractivity contribution in [1.29, 1.82) is 0 Å². The molecule has 0 heterocycles. The van der Waals surface area contributed by atoms with Crippen molar-refractivity contribution in [3.63, 3.8) is 0 Å². The van der Waals surface area contributed by atoms with Gasteiger partial charge in [-0.25, -0.2) is 0 Å². The molecule has 30 heavy (non-hydrogen) atoms. The van der Waals surface area contributed by atoms with Crippen molar-refractivity contribution in [3.8, 4) is 0 Å². The van der Waals surface area contributed by atoms with Gasteiger partial charge >= 0.3 is 0 Å². The Bertz CT molecular complexity index is 797. The Labute approximate surface area is 189 Å². The van der Waals surface area contributed by atoms with Crippen molar-refractivity contribution >= 4 is 35.2 Å². The first-order valence-electron chi connectivity index (χ1n) is 10.4. The number of benzene rings is 2. The maximum absolute atomic E-state index is 13.1. The minimum Gasteiger partial charge on any atom is -0.354 e. The number of hydrogen-bond acceptors (Lipinski definition) is 3. The van der Waals surface area contributed by atoms with Gasteiger partial charge in [0, 0.05) is 35.2 Å². The highest BCUT2D eigenvalue weighted by Gasteiger charge is 2.28. The average Bonchev–Trinajstić information content (AvgIpc) is 2.74. The van der Waals surface area contributed by atoms with Gasteiger partial charge in [0.05, 0.1) is 0 Å². The minimum atomic E-state index is -0.475. The number of hydrogen-bond donors (Lipinski definition) is 1. The summed E-state index contributed by atoms with van der Waals surface area (Å²) in [5.74, 6) is 0.920. The first kappa shape index (κ1) is 24.3. The summed E-state index contributed by atoms with van der Waals surface area (Å²) in [6.45, 7) is 7.10. The second-order valence-corrected chi connectivity index (χ2v) is 9.23. The zero-order chi connectivity index (χ0) is 21.9. The van der Waals surface area contributed by atoms with E-state index in [4.69, 9.17) is 11.6 Å². The van der Waals surface area contributed by atoms with Gasteiger partial charge in [0.25, 0.3) is 0 Å². The van der Waals surface area contributed by atoms with Crippen LogP contribution in [0, 0.1) is 5.92 Å². The summed E-state index contributed by atoms with van der Waals surface area (Å²) in [5.41, 5.74) is 1.02. The van der Waals surface area contributed by atoms with Crippen molar-refractivity contribution < 1.29 is 9.59 Å². The minimum absolute atomic E-state index is 0.00753. The fraction of sp³-hybridized carbons (Fsp3) is 0.417. The molecule has 0 saturated carbocycles. The normalized spacial score (nSPS) is 11.9. The molecule has 1 atom stereocenters. The largest absolute Gasteiger partial charge is 0.354 e. The molecule has 1 N–H and O–H groups in total. The van der Waals surface area contributed by atoms with Gasteiger partial charge in [-0.05, 0) is 42.2 Å². The highest BCUT2D eigenvalue weighted by molar-refractivity contribution is 7.99. The zero-order valence-corrected chi connectivity index (χ0v) is 19.5. The summed E-state index contributed by atoms with van der Waals surface area (Å²) in [6.07, 6.45) is 0.945. The molecule has 162 valence electrons. The van der Waals surface area contributed by atoms with Crippen molar-refractivity contribution in [2.24, 2.45) is 5.92 Å². The molecule has 0 aliphatic rings. The maximum atomic E-state index is 13.1. The summed E-state index contributed by atoms with van der Waals surface area (Å²) in [5, 5.41) is 3.69. The maximum Gasteiger partial charge on any atom is 0.242 e. The summed E-state index contributed by atoms with van der Waals surface area (Å²) in [4.78, 5) is 28.8. The molecule has 0 spiro atoms. The zero-order valence-electron chi connectivity index (χ0n) is 17.9. The first-order chi connectivity index (χ1) is 14.4. The van der Waals surface area contributed by atoms with E-state index in [2.05, 4.69) is 19.2 Å². The van der Waals surface area contributed by atoms with E-state index < -0.39 is 6.04 Å². The molecule has 0 fully saturated rings. The van der Waals surface area contributed by atoms with E-state index in [9.17, 15) is 9.59 Å². The molecule has 4 nitrogen and oxygen atoms in total. The molecule has 2 aromatic carbocycles. The molecule has 0 radical (unpaired) electrons. The number of halogens is 1. The smallest absolute Gasteiger partial charge is 0.242 e. The van der Waals surface area contributed by atoms with Crippen LogP contribution in [0.1, 0.15) is 39.2 Å². The quantitative estimate of drug-likeness (QED) is 0.470. The number of carbonyl (C=O) groups excluding carboxylic acids is 2. The second kappa shape index (κ2) is 12.7. The van der Waals surface area contributed by atoms with Gasteiger partial charge < -0.3 is 10.2 Å². The van der Waals surface area contributed by atoms with Crippen LogP contribution in [0.5, 0.6) is 0 Å². The monoisotopic (exact) mass is 446 g/mol. The Morgan fingerprint density at radius 2 is 1.73 bits per heavy atom. The average molecular weight is 447 g/mol. The molecular weight excluding hydrogens is 416 g/mol. The highest BCUT2D eigenvalue weighted by atomic mass is 35.5. The van der Waals surface area contributed by atoms with Crippen LogP contribution in [-0.2, 0) is 16.1 Å². The predicted octanol–water partition coefficient (Wildman–Crippen LogP) is 5.40. The van der Waals surface area contributed by atoms with E-state index in [0.717, 1.165) is 10.5 Å². The number of nitrogens with zero attached hydrogens (tertiary/aromatic N) is 1. The molecule has 0 aliphatic carbocycles. The molecule has 6 heteroatoms. The second-order valence-electron chi connectivity index (χ2n) is 7.62. The van der Waals surface area contributed by atoms with E-state index in [1.165, 1.54) is 0 Å². The fourth-order valence-electron chi connectivity index (χ4n) is 3.05. The van der Waals surface area contributed by atoms with Gasteiger partial charge in [-0.2, -0.15) is 0 Å². The summed E-state index contributed by atoms with van der Waals surface area (Å²) < 4.78 is 0. The lowest BCUT2D eigenvalue weighted by Crippen LogP contribution is -2.49. The molecule has 0 aliphatic heterocycles. The third-order valence-corrected chi connectivity index (χ3v) is 5.93. The van der Waals surface area contributed by atoms with Crippen molar-refractivity contribution in [2.75, 3.05) is 12.3 Å². The highest BCUT2D eigenvalue weighted by Crippen LogP contribution is 2.22. The molecule has 2 rings (SSSR count). The van der Waals surface area contributed by atoms with E-state index >= 15 is 0 Å². The van der Waals surface area contributed by atoms with Crippen molar-refractivity contribution in [2.45, 2.75) is 51.1 Å². The van der Waals surface area contributed by atoms with Crippen LogP contribution in [-0.4, -0.2) is 35.1 Å². The van der Waals surface area contributed by atoms with E-state index in [1.807, 2.05) is 61.5 Å². The van der Waals surface area contributed by atoms with E-state index in [0.29, 0.717) is 42.6 Å². The van der Waals surface area contributed by atoms with Crippen LogP contribution >= 0.6 is 23.4 Å². The molecule has 0 aromatic heterocycles. The van der Waals surface area contributed by atoms with Crippen LogP contribution in [0.4, 0.5) is 0 Å². The van der Waals surface area contributed by atoms with Crippen molar-refractivity contribution in [1.82, 2.24) is 10.2 Å². The molecule has 0 saturated heterocycles. The van der Waals surface area contributed by atoms with Crippen LogP contribution in [0.2, 0.25) is 5.02 Å². The number of thioether (sulfide) groups is 1. The Kier molecular flexibility index (Phi) is 10.2. The third kappa shape index (κ3) is 8.04. The summed E-state index contributed by atoms with van der Waals surface area (Å²) in [7, 11) is 0. The number of carbonyl (C=O) groups is 2. The molecule has 2 amide bonds.